The molecule has 1 fully saturated rings. The van der Waals surface area contributed by atoms with Crippen LogP contribution in [0.1, 0.15) is 49.9 Å². The Bertz CT molecular complexity index is 395. The molecule has 1 aromatic heterocycles. The Morgan fingerprint density at radius 3 is 2.17 bits per heavy atom. The molecule has 0 saturated heterocycles. The summed E-state index contributed by atoms with van der Waals surface area (Å²) in [6, 6.07) is 0.574. The lowest BCUT2D eigenvalue weighted by Crippen LogP contribution is -2.20. The molecule has 0 bridgehead atoms. The van der Waals surface area contributed by atoms with Crippen LogP contribution in [0.4, 0.5) is 11.6 Å². The summed E-state index contributed by atoms with van der Waals surface area (Å²) in [7, 11) is 1.91. The lowest BCUT2D eigenvalue weighted by molar-refractivity contribution is 0.616. The third-order valence-corrected chi connectivity index (χ3v) is 3.69. The van der Waals surface area contributed by atoms with Crippen molar-refractivity contribution in [3.63, 3.8) is 0 Å². The van der Waals surface area contributed by atoms with Gasteiger partial charge in [0.05, 0.1) is 0 Å². The van der Waals surface area contributed by atoms with E-state index < -0.39 is 0 Å². The molecule has 18 heavy (non-hydrogen) atoms. The quantitative estimate of drug-likeness (QED) is 0.806. The minimum atomic E-state index is 0.574. The van der Waals surface area contributed by atoms with Gasteiger partial charge in [-0.1, -0.05) is 25.7 Å². The van der Waals surface area contributed by atoms with Gasteiger partial charge in [-0.15, -0.1) is 0 Å². The molecule has 100 valence electrons. The van der Waals surface area contributed by atoms with Gasteiger partial charge in [0, 0.05) is 18.7 Å². The second-order valence-corrected chi connectivity index (χ2v) is 5.18. The minimum absolute atomic E-state index is 0.574. The van der Waals surface area contributed by atoms with E-state index in [4.69, 9.17) is 0 Å². The minimum Gasteiger partial charge on any atom is -0.373 e. The van der Waals surface area contributed by atoms with Crippen molar-refractivity contribution in [1.29, 1.82) is 0 Å². The van der Waals surface area contributed by atoms with Crippen LogP contribution in [0, 0.1) is 13.8 Å². The van der Waals surface area contributed by atoms with Crippen LogP contribution < -0.4 is 10.6 Å². The molecule has 0 atom stereocenters. The standard InChI is InChI=1S/C14H24N4/c1-10-13(15-3)16-11(2)17-14(10)18-12-8-6-4-5-7-9-12/h12H,4-9H2,1-3H3,(H2,15,16,17,18). The van der Waals surface area contributed by atoms with Gasteiger partial charge in [-0.3, -0.25) is 0 Å². The van der Waals surface area contributed by atoms with Crippen molar-refractivity contribution in [2.75, 3.05) is 17.7 Å². The van der Waals surface area contributed by atoms with Crippen LogP contribution in [0.5, 0.6) is 0 Å². The molecule has 0 spiro atoms. The predicted molar refractivity (Wildman–Crippen MR) is 76.2 cm³/mol. The summed E-state index contributed by atoms with van der Waals surface area (Å²) in [5, 5.41) is 6.75. The molecule has 0 radical (unpaired) electrons. The molecule has 1 aliphatic rings. The van der Waals surface area contributed by atoms with Crippen molar-refractivity contribution in [1.82, 2.24) is 9.97 Å². The maximum Gasteiger partial charge on any atom is 0.134 e. The van der Waals surface area contributed by atoms with Crippen molar-refractivity contribution in [2.45, 2.75) is 58.4 Å². The molecule has 0 unspecified atom stereocenters. The van der Waals surface area contributed by atoms with E-state index in [1.54, 1.807) is 0 Å². The van der Waals surface area contributed by atoms with E-state index in [1.165, 1.54) is 38.5 Å². The van der Waals surface area contributed by atoms with Crippen LogP contribution in [-0.4, -0.2) is 23.1 Å². The van der Waals surface area contributed by atoms with Crippen molar-refractivity contribution >= 4 is 11.6 Å². The SMILES string of the molecule is CNc1nc(C)nc(NC2CCCCCC2)c1C. The van der Waals surface area contributed by atoms with Crippen molar-refractivity contribution in [2.24, 2.45) is 0 Å². The van der Waals surface area contributed by atoms with Gasteiger partial charge in [0.15, 0.2) is 0 Å². The normalized spacial score (nSPS) is 17.3. The van der Waals surface area contributed by atoms with Gasteiger partial charge >= 0.3 is 0 Å². The van der Waals surface area contributed by atoms with Crippen LogP contribution in [0.25, 0.3) is 0 Å². The van der Waals surface area contributed by atoms with Gasteiger partial charge in [0.1, 0.15) is 17.5 Å². The number of hydrogen-bond acceptors (Lipinski definition) is 4. The van der Waals surface area contributed by atoms with E-state index in [9.17, 15) is 0 Å². The highest BCUT2D eigenvalue weighted by molar-refractivity contribution is 5.57. The second-order valence-electron chi connectivity index (χ2n) is 5.18. The number of nitrogens with zero attached hydrogens (tertiary/aromatic N) is 2. The van der Waals surface area contributed by atoms with Crippen LogP contribution in [0.15, 0.2) is 0 Å². The van der Waals surface area contributed by atoms with Crippen molar-refractivity contribution in [3.8, 4) is 0 Å². The van der Waals surface area contributed by atoms with Crippen LogP contribution >= 0.6 is 0 Å². The highest BCUT2D eigenvalue weighted by Crippen LogP contribution is 2.24. The van der Waals surface area contributed by atoms with E-state index >= 15 is 0 Å². The lowest BCUT2D eigenvalue weighted by Gasteiger charge is -2.19. The maximum absolute atomic E-state index is 4.54. The fourth-order valence-electron chi connectivity index (χ4n) is 2.63. The van der Waals surface area contributed by atoms with Gasteiger partial charge in [-0.2, -0.15) is 0 Å². The average molecular weight is 248 g/mol. The van der Waals surface area contributed by atoms with Crippen molar-refractivity contribution in [3.05, 3.63) is 11.4 Å². The molecule has 1 saturated carbocycles. The smallest absolute Gasteiger partial charge is 0.134 e. The second kappa shape index (κ2) is 6.03. The zero-order valence-corrected chi connectivity index (χ0v) is 11.7. The largest absolute Gasteiger partial charge is 0.373 e. The number of nitrogens with one attached hydrogen (secondary N) is 2. The predicted octanol–water partition coefficient (Wildman–Crippen LogP) is 3.27. The first-order valence-electron chi connectivity index (χ1n) is 7.00. The van der Waals surface area contributed by atoms with E-state index in [-0.39, 0.29) is 0 Å². The number of hydrogen-bond donors (Lipinski definition) is 2. The summed E-state index contributed by atoms with van der Waals surface area (Å²) < 4.78 is 0. The van der Waals surface area contributed by atoms with E-state index in [2.05, 4.69) is 27.5 Å². The summed E-state index contributed by atoms with van der Waals surface area (Å²) in [5.41, 5.74) is 1.12. The summed E-state index contributed by atoms with van der Waals surface area (Å²) in [6.07, 6.45) is 7.94. The molecule has 0 amide bonds. The highest BCUT2D eigenvalue weighted by atomic mass is 15.1. The third-order valence-electron chi connectivity index (χ3n) is 3.69. The van der Waals surface area contributed by atoms with Crippen LogP contribution in [0.3, 0.4) is 0 Å². The first-order valence-corrected chi connectivity index (χ1v) is 7.00. The molecule has 1 heterocycles. The fraction of sp³-hybridized carbons (Fsp3) is 0.714. The molecular weight excluding hydrogens is 224 g/mol. The first-order chi connectivity index (χ1) is 8.70. The molecule has 0 aliphatic heterocycles. The van der Waals surface area contributed by atoms with E-state index in [1.807, 2.05) is 14.0 Å². The Kier molecular flexibility index (Phi) is 4.39. The molecule has 1 aromatic rings. The summed E-state index contributed by atoms with van der Waals surface area (Å²) in [6.45, 7) is 4.02. The molecular formula is C14H24N4. The summed E-state index contributed by atoms with van der Waals surface area (Å²) in [4.78, 5) is 8.95. The van der Waals surface area contributed by atoms with Crippen LogP contribution in [-0.2, 0) is 0 Å². The van der Waals surface area contributed by atoms with Gasteiger partial charge < -0.3 is 10.6 Å². The number of aryl methyl sites for hydroxylation is 1. The zero-order chi connectivity index (χ0) is 13.0. The van der Waals surface area contributed by atoms with Gasteiger partial charge in [-0.05, 0) is 26.7 Å². The Labute approximate surface area is 110 Å². The topological polar surface area (TPSA) is 49.8 Å². The Balaban J connectivity index is 2.14. The maximum atomic E-state index is 4.54. The highest BCUT2D eigenvalue weighted by Gasteiger charge is 2.15. The van der Waals surface area contributed by atoms with Crippen LogP contribution in [0.2, 0.25) is 0 Å². The Morgan fingerprint density at radius 1 is 0.944 bits per heavy atom. The molecule has 2 N–H and O–H groups in total. The Morgan fingerprint density at radius 2 is 1.56 bits per heavy atom. The first kappa shape index (κ1) is 13.1. The molecule has 4 nitrogen and oxygen atoms in total. The number of rotatable bonds is 3. The molecule has 4 heteroatoms. The van der Waals surface area contributed by atoms with Gasteiger partial charge in [-0.25, -0.2) is 9.97 Å². The summed E-state index contributed by atoms with van der Waals surface area (Å²) in [5.74, 6) is 2.75. The fourth-order valence-corrected chi connectivity index (χ4v) is 2.63. The third kappa shape index (κ3) is 3.12. The Hall–Kier alpha value is -1.32. The molecule has 1 aliphatic carbocycles. The van der Waals surface area contributed by atoms with E-state index in [0.29, 0.717) is 6.04 Å². The lowest BCUT2D eigenvalue weighted by atomic mass is 10.1. The average Bonchev–Trinajstić information content (AvgIpc) is 2.62. The molecule has 0 aromatic carbocycles. The summed E-state index contributed by atoms with van der Waals surface area (Å²) >= 11 is 0. The monoisotopic (exact) mass is 248 g/mol. The van der Waals surface area contributed by atoms with Crippen molar-refractivity contribution < 1.29 is 0 Å². The van der Waals surface area contributed by atoms with Gasteiger partial charge in [0.2, 0.25) is 0 Å². The zero-order valence-electron chi connectivity index (χ0n) is 11.7. The van der Waals surface area contributed by atoms with E-state index in [0.717, 1.165) is 23.0 Å². The number of aromatic nitrogens is 2. The number of anilines is 2. The van der Waals surface area contributed by atoms with Gasteiger partial charge in [0.25, 0.3) is 0 Å². The molecule has 2 rings (SSSR count).